The number of hydrogen-bond donors (Lipinski definition) is 0. The number of amides is 1. The molecule has 0 aliphatic rings. The van der Waals surface area contributed by atoms with Crippen LogP contribution in [0.5, 0.6) is 0 Å². The second-order valence-corrected chi connectivity index (χ2v) is 10.6. The van der Waals surface area contributed by atoms with Crippen molar-refractivity contribution in [1.82, 2.24) is 4.90 Å². The molecule has 4 nitrogen and oxygen atoms in total. The Morgan fingerprint density at radius 1 is 0.875 bits per heavy atom. The Balaban J connectivity index is 3.59. The molecule has 0 spiro atoms. The molecule has 24 heavy (non-hydrogen) atoms. The summed E-state index contributed by atoms with van der Waals surface area (Å²) < 4.78 is 11.0. The quantitative estimate of drug-likeness (QED) is 0.283. The van der Waals surface area contributed by atoms with E-state index in [1.807, 2.05) is 11.9 Å². The summed E-state index contributed by atoms with van der Waals surface area (Å²) in [6.07, 6.45) is 13.3. The Labute approximate surface area is 151 Å². The van der Waals surface area contributed by atoms with Crippen LogP contribution in [0.25, 0.3) is 0 Å². The van der Waals surface area contributed by atoms with Crippen molar-refractivity contribution in [3.05, 3.63) is 0 Å². The molecule has 0 fully saturated rings. The lowest BCUT2D eigenvalue weighted by Gasteiger charge is -2.24. The number of nitrogens with zero attached hydrogens (tertiary/aromatic N) is 1. The molecule has 0 aliphatic carbocycles. The highest BCUT2D eigenvalue weighted by molar-refractivity contribution is 6.65. The van der Waals surface area contributed by atoms with Crippen molar-refractivity contribution in [2.75, 3.05) is 27.8 Å². The van der Waals surface area contributed by atoms with Crippen LogP contribution in [0.2, 0.25) is 12.6 Å². The van der Waals surface area contributed by atoms with Crippen LogP contribution in [0.15, 0.2) is 0 Å². The van der Waals surface area contributed by atoms with E-state index >= 15 is 0 Å². The first kappa shape index (κ1) is 23.6. The van der Waals surface area contributed by atoms with Gasteiger partial charge in [0, 0.05) is 34.2 Å². The molecule has 0 aliphatic heterocycles. The second kappa shape index (κ2) is 14.9. The Kier molecular flexibility index (Phi) is 14.7. The maximum absolute atomic E-state index is 12.1. The van der Waals surface area contributed by atoms with Crippen molar-refractivity contribution in [2.45, 2.75) is 90.1 Å². The van der Waals surface area contributed by atoms with E-state index in [1.54, 1.807) is 14.2 Å². The van der Waals surface area contributed by atoms with Gasteiger partial charge in [-0.25, -0.2) is 0 Å². The van der Waals surface area contributed by atoms with Crippen LogP contribution in [0.4, 0.5) is 0 Å². The van der Waals surface area contributed by atoms with E-state index in [0.717, 1.165) is 25.4 Å². The molecule has 0 rings (SSSR count). The van der Waals surface area contributed by atoms with Crippen molar-refractivity contribution in [1.29, 1.82) is 0 Å². The molecule has 0 saturated carbocycles. The number of hydrogen-bond acceptors (Lipinski definition) is 3. The van der Waals surface area contributed by atoms with Gasteiger partial charge in [-0.15, -0.1) is 0 Å². The lowest BCUT2D eigenvalue weighted by molar-refractivity contribution is -0.130. The first-order valence-corrected chi connectivity index (χ1v) is 12.4. The summed E-state index contributed by atoms with van der Waals surface area (Å²) >= 11 is 0. The summed E-state index contributed by atoms with van der Waals surface area (Å²) in [7, 11) is 3.35. The minimum Gasteiger partial charge on any atom is -0.398 e. The fraction of sp³-hybridized carbons (Fsp3) is 0.947. The smallest absolute Gasteiger partial charge is 0.334 e. The average molecular weight is 360 g/mol. The third-order valence-electron chi connectivity index (χ3n) is 4.91. The molecular weight excluding hydrogens is 318 g/mol. The van der Waals surface area contributed by atoms with E-state index < -0.39 is 8.56 Å². The van der Waals surface area contributed by atoms with E-state index in [4.69, 9.17) is 8.85 Å². The van der Waals surface area contributed by atoms with Crippen molar-refractivity contribution >= 4 is 14.5 Å². The van der Waals surface area contributed by atoms with Crippen LogP contribution in [0, 0.1) is 0 Å². The Bertz CT molecular complexity index is 309. The second-order valence-electron chi connectivity index (χ2n) is 7.04. The summed E-state index contributed by atoms with van der Waals surface area (Å²) in [6.45, 7) is 5.12. The first-order chi connectivity index (χ1) is 11.5. The normalized spacial score (nSPS) is 11.7. The summed E-state index contributed by atoms with van der Waals surface area (Å²) in [5.74, 6) is 0.274. The SMILES string of the molecule is CCCCCCCCCCCC(=O)N(C)CCC[Si](C)(OC)OC. The van der Waals surface area contributed by atoms with E-state index in [0.29, 0.717) is 6.42 Å². The van der Waals surface area contributed by atoms with Crippen molar-refractivity contribution in [3.8, 4) is 0 Å². The van der Waals surface area contributed by atoms with Gasteiger partial charge in [-0.1, -0.05) is 58.3 Å². The van der Waals surface area contributed by atoms with E-state index in [9.17, 15) is 4.79 Å². The van der Waals surface area contributed by atoms with Gasteiger partial charge in [0.05, 0.1) is 0 Å². The molecule has 1 amide bonds. The van der Waals surface area contributed by atoms with Crippen molar-refractivity contribution < 1.29 is 13.6 Å². The molecule has 0 saturated heterocycles. The first-order valence-electron chi connectivity index (χ1n) is 9.83. The molecule has 0 aromatic rings. The monoisotopic (exact) mass is 359 g/mol. The predicted octanol–water partition coefficient (Wildman–Crippen LogP) is 5.12. The average Bonchev–Trinajstić information content (AvgIpc) is 2.59. The van der Waals surface area contributed by atoms with Crippen molar-refractivity contribution in [2.24, 2.45) is 0 Å². The highest BCUT2D eigenvalue weighted by atomic mass is 28.4. The summed E-state index contributed by atoms with van der Waals surface area (Å²) in [6, 6.07) is 0.926. The molecule has 0 radical (unpaired) electrons. The van der Waals surface area contributed by atoms with Gasteiger partial charge in [-0.05, 0) is 25.4 Å². The zero-order chi connectivity index (χ0) is 18.3. The number of unbranched alkanes of at least 4 members (excludes halogenated alkanes) is 8. The van der Waals surface area contributed by atoms with E-state index in [-0.39, 0.29) is 5.91 Å². The van der Waals surface area contributed by atoms with Gasteiger partial charge in [0.15, 0.2) is 0 Å². The maximum Gasteiger partial charge on any atom is 0.334 e. The zero-order valence-corrected chi connectivity index (χ0v) is 17.9. The fourth-order valence-corrected chi connectivity index (χ4v) is 4.20. The zero-order valence-electron chi connectivity index (χ0n) is 16.9. The van der Waals surface area contributed by atoms with Crippen LogP contribution < -0.4 is 0 Å². The van der Waals surface area contributed by atoms with E-state index in [2.05, 4.69) is 13.5 Å². The number of carbonyl (C=O) groups excluding carboxylic acids is 1. The number of rotatable bonds is 16. The minimum atomic E-state index is -1.99. The lowest BCUT2D eigenvalue weighted by atomic mass is 10.1. The third-order valence-corrected chi connectivity index (χ3v) is 7.90. The van der Waals surface area contributed by atoms with Gasteiger partial charge in [0.25, 0.3) is 0 Å². The van der Waals surface area contributed by atoms with Gasteiger partial charge in [-0.3, -0.25) is 4.79 Å². The highest BCUT2D eigenvalue weighted by Gasteiger charge is 2.28. The van der Waals surface area contributed by atoms with Crippen LogP contribution in [0.1, 0.15) is 77.6 Å². The summed E-state index contributed by atoms with van der Waals surface area (Å²) in [5, 5.41) is 0. The molecule has 0 unspecified atom stereocenters. The predicted molar refractivity (Wildman–Crippen MR) is 105 cm³/mol. The molecule has 0 heterocycles. The highest BCUT2D eigenvalue weighted by Crippen LogP contribution is 2.15. The summed E-state index contributed by atoms with van der Waals surface area (Å²) in [4.78, 5) is 14.0. The number of carbonyl (C=O) groups is 1. The Morgan fingerprint density at radius 3 is 1.88 bits per heavy atom. The molecule has 144 valence electrons. The van der Waals surface area contributed by atoms with E-state index in [1.165, 1.54) is 51.4 Å². The molecule has 0 aromatic carbocycles. The molecule has 0 bridgehead atoms. The van der Waals surface area contributed by atoms with Crippen LogP contribution >= 0.6 is 0 Å². The lowest BCUT2D eigenvalue weighted by Crippen LogP contribution is -2.37. The van der Waals surface area contributed by atoms with Crippen LogP contribution in [-0.4, -0.2) is 47.2 Å². The minimum absolute atomic E-state index is 0.274. The third kappa shape index (κ3) is 12.0. The van der Waals surface area contributed by atoms with Gasteiger partial charge < -0.3 is 13.8 Å². The molecular formula is C19H41NO3Si. The summed E-state index contributed by atoms with van der Waals surface area (Å²) in [5.41, 5.74) is 0. The van der Waals surface area contributed by atoms with Crippen LogP contribution in [0.3, 0.4) is 0 Å². The topological polar surface area (TPSA) is 38.8 Å². The molecule has 0 N–H and O–H groups in total. The Hall–Kier alpha value is -0.393. The molecule has 0 atom stereocenters. The van der Waals surface area contributed by atoms with Crippen molar-refractivity contribution in [3.63, 3.8) is 0 Å². The van der Waals surface area contributed by atoms with Gasteiger partial charge in [-0.2, -0.15) is 0 Å². The van der Waals surface area contributed by atoms with Gasteiger partial charge >= 0.3 is 8.56 Å². The van der Waals surface area contributed by atoms with Gasteiger partial charge in [0.2, 0.25) is 5.91 Å². The molecule has 0 aromatic heterocycles. The maximum atomic E-state index is 12.1. The largest absolute Gasteiger partial charge is 0.398 e. The standard InChI is InChI=1S/C19H41NO3Si/c1-6-7-8-9-10-11-12-13-14-16-19(21)20(2)17-15-18-24(5,22-3)23-4/h6-18H2,1-5H3. The Morgan fingerprint density at radius 2 is 1.38 bits per heavy atom. The fourth-order valence-electron chi connectivity index (χ4n) is 2.83. The molecule has 5 heteroatoms. The van der Waals surface area contributed by atoms with Gasteiger partial charge in [0.1, 0.15) is 0 Å². The van der Waals surface area contributed by atoms with Crippen LogP contribution in [-0.2, 0) is 13.6 Å².